The van der Waals surface area contributed by atoms with E-state index in [1.807, 2.05) is 12.1 Å². The van der Waals surface area contributed by atoms with E-state index < -0.39 is 5.97 Å². The minimum absolute atomic E-state index is 0.138. The van der Waals surface area contributed by atoms with Gasteiger partial charge in [0, 0.05) is 5.56 Å². The number of ketones is 1. The average Bonchev–Trinajstić information content (AvgIpc) is 3.13. The summed E-state index contributed by atoms with van der Waals surface area (Å²) in [5, 5.41) is 0. The molecule has 1 aliphatic rings. The Labute approximate surface area is 146 Å². The van der Waals surface area contributed by atoms with Crippen molar-refractivity contribution in [1.82, 2.24) is 0 Å². The molecule has 2 aromatic carbocycles. The van der Waals surface area contributed by atoms with E-state index in [0.29, 0.717) is 28.5 Å². The summed E-state index contributed by atoms with van der Waals surface area (Å²) < 4.78 is 15.5. The molecule has 0 unspecified atom stereocenters. The van der Waals surface area contributed by atoms with Gasteiger partial charge in [-0.25, -0.2) is 4.79 Å². The number of ether oxygens (including phenoxy) is 3. The maximum absolute atomic E-state index is 12.2. The van der Waals surface area contributed by atoms with Gasteiger partial charge in [0.15, 0.2) is 23.9 Å². The molecule has 5 nitrogen and oxygen atoms in total. The van der Waals surface area contributed by atoms with E-state index in [1.54, 1.807) is 30.3 Å². The van der Waals surface area contributed by atoms with Gasteiger partial charge in [-0.2, -0.15) is 0 Å². The van der Waals surface area contributed by atoms with Gasteiger partial charge in [0.25, 0.3) is 0 Å². The number of esters is 1. The van der Waals surface area contributed by atoms with E-state index in [4.69, 9.17) is 14.2 Å². The third-order valence-corrected chi connectivity index (χ3v) is 4.36. The number of carbonyl (C=O) groups is 2. The molecule has 0 saturated carbocycles. The molecule has 5 heteroatoms. The average molecular weight is 340 g/mol. The molecule has 0 aliphatic carbocycles. The third-order valence-electron chi connectivity index (χ3n) is 4.36. The molecule has 2 aromatic rings. The van der Waals surface area contributed by atoms with Crippen LogP contribution in [0.3, 0.4) is 0 Å². The number of Topliss-reactive ketones (excluding diaryl/α,β-unsaturated/α-hetero) is 1. The smallest absolute Gasteiger partial charge is 0.338 e. The molecular formula is C20H20O5. The van der Waals surface area contributed by atoms with Crippen LogP contribution in [0.15, 0.2) is 42.5 Å². The quantitative estimate of drug-likeness (QED) is 0.588. The molecule has 0 aromatic heterocycles. The SMILES string of the molecule is CC[C@@H](C)c1ccc(C(=O)COC(=O)c2ccc3c(c2)OCO3)cc1. The van der Waals surface area contributed by atoms with E-state index in [2.05, 4.69) is 13.8 Å². The number of carbonyl (C=O) groups excluding carboxylic acids is 2. The van der Waals surface area contributed by atoms with Gasteiger partial charge in [0.1, 0.15) is 0 Å². The van der Waals surface area contributed by atoms with Crippen LogP contribution < -0.4 is 9.47 Å². The van der Waals surface area contributed by atoms with Crippen LogP contribution in [0.4, 0.5) is 0 Å². The number of hydrogen-bond acceptors (Lipinski definition) is 5. The first-order valence-electron chi connectivity index (χ1n) is 8.28. The highest BCUT2D eigenvalue weighted by Gasteiger charge is 2.18. The van der Waals surface area contributed by atoms with E-state index in [0.717, 1.165) is 6.42 Å². The summed E-state index contributed by atoms with van der Waals surface area (Å²) in [4.78, 5) is 24.3. The monoisotopic (exact) mass is 340 g/mol. The lowest BCUT2D eigenvalue weighted by atomic mass is 9.97. The molecule has 0 fully saturated rings. The van der Waals surface area contributed by atoms with Crippen molar-refractivity contribution in [3.8, 4) is 11.5 Å². The second-order valence-corrected chi connectivity index (χ2v) is 6.00. The summed E-state index contributed by atoms with van der Waals surface area (Å²) in [7, 11) is 0. The van der Waals surface area contributed by atoms with Gasteiger partial charge in [-0.1, -0.05) is 38.1 Å². The molecule has 1 heterocycles. The second kappa shape index (κ2) is 7.38. The summed E-state index contributed by atoms with van der Waals surface area (Å²) in [5.41, 5.74) is 2.05. The summed E-state index contributed by atoms with van der Waals surface area (Å²) in [5.74, 6) is 0.746. The van der Waals surface area contributed by atoms with Gasteiger partial charge < -0.3 is 14.2 Å². The van der Waals surface area contributed by atoms with Crippen LogP contribution in [0.1, 0.15) is 52.5 Å². The lowest BCUT2D eigenvalue weighted by Gasteiger charge is -2.09. The molecule has 0 amide bonds. The van der Waals surface area contributed by atoms with Crippen molar-refractivity contribution < 1.29 is 23.8 Å². The summed E-state index contributed by atoms with van der Waals surface area (Å²) in [6.07, 6.45) is 1.04. The predicted octanol–water partition coefficient (Wildman–Crippen LogP) is 3.97. The lowest BCUT2D eigenvalue weighted by molar-refractivity contribution is 0.0474. The minimum atomic E-state index is -0.567. The standard InChI is InChI=1S/C20H20O5/c1-3-13(2)14-4-6-15(7-5-14)17(21)11-23-20(22)16-8-9-18-19(10-16)25-12-24-18/h4-10,13H,3,11-12H2,1-2H3/t13-/m1/s1. The maximum atomic E-state index is 12.2. The van der Waals surface area contributed by atoms with E-state index in [9.17, 15) is 9.59 Å². The zero-order valence-corrected chi connectivity index (χ0v) is 14.3. The topological polar surface area (TPSA) is 61.8 Å². The number of hydrogen-bond donors (Lipinski definition) is 0. The molecule has 0 spiro atoms. The molecule has 0 saturated heterocycles. The largest absolute Gasteiger partial charge is 0.454 e. The molecule has 1 aliphatic heterocycles. The molecule has 0 bridgehead atoms. The summed E-state index contributed by atoms with van der Waals surface area (Å²) >= 11 is 0. The zero-order valence-electron chi connectivity index (χ0n) is 14.3. The third kappa shape index (κ3) is 3.82. The van der Waals surface area contributed by atoms with Gasteiger partial charge in [-0.3, -0.25) is 4.79 Å². The number of benzene rings is 2. The fraction of sp³-hybridized carbons (Fsp3) is 0.300. The Bertz CT molecular complexity index is 779. The molecule has 130 valence electrons. The summed E-state index contributed by atoms with van der Waals surface area (Å²) in [6.45, 7) is 4.11. The molecule has 0 N–H and O–H groups in total. The Balaban J connectivity index is 1.59. The maximum Gasteiger partial charge on any atom is 0.338 e. The van der Waals surface area contributed by atoms with Gasteiger partial charge in [0.05, 0.1) is 5.56 Å². The Hall–Kier alpha value is -2.82. The zero-order chi connectivity index (χ0) is 17.8. The van der Waals surface area contributed by atoms with Gasteiger partial charge in [-0.05, 0) is 36.1 Å². The first-order valence-corrected chi connectivity index (χ1v) is 8.28. The molecule has 3 rings (SSSR count). The highest BCUT2D eigenvalue weighted by molar-refractivity contribution is 5.99. The Morgan fingerprint density at radius 3 is 2.44 bits per heavy atom. The van der Waals surface area contributed by atoms with E-state index in [1.165, 1.54) is 5.56 Å². The van der Waals surface area contributed by atoms with Crippen molar-refractivity contribution in [2.75, 3.05) is 13.4 Å². The van der Waals surface area contributed by atoms with Crippen molar-refractivity contribution in [3.05, 3.63) is 59.2 Å². The van der Waals surface area contributed by atoms with Gasteiger partial charge >= 0.3 is 5.97 Å². The molecular weight excluding hydrogens is 320 g/mol. The number of rotatable bonds is 6. The summed E-state index contributed by atoms with van der Waals surface area (Å²) in [6, 6.07) is 12.2. The van der Waals surface area contributed by atoms with E-state index in [-0.39, 0.29) is 19.2 Å². The van der Waals surface area contributed by atoms with Crippen molar-refractivity contribution in [3.63, 3.8) is 0 Å². The Morgan fingerprint density at radius 1 is 1.04 bits per heavy atom. The number of fused-ring (bicyclic) bond motifs is 1. The Kier molecular flexibility index (Phi) is 5.03. The normalized spacial score (nSPS) is 13.4. The first-order chi connectivity index (χ1) is 12.1. The van der Waals surface area contributed by atoms with Crippen LogP contribution >= 0.6 is 0 Å². The van der Waals surface area contributed by atoms with Gasteiger partial charge in [0.2, 0.25) is 6.79 Å². The highest BCUT2D eigenvalue weighted by Crippen LogP contribution is 2.32. The van der Waals surface area contributed by atoms with Crippen molar-refractivity contribution >= 4 is 11.8 Å². The molecule has 25 heavy (non-hydrogen) atoms. The fourth-order valence-corrected chi connectivity index (χ4v) is 2.55. The van der Waals surface area contributed by atoms with Crippen LogP contribution in [0.25, 0.3) is 0 Å². The fourth-order valence-electron chi connectivity index (χ4n) is 2.55. The first kappa shape index (κ1) is 17.0. The highest BCUT2D eigenvalue weighted by atomic mass is 16.7. The second-order valence-electron chi connectivity index (χ2n) is 6.00. The van der Waals surface area contributed by atoms with Gasteiger partial charge in [-0.15, -0.1) is 0 Å². The van der Waals surface area contributed by atoms with E-state index >= 15 is 0 Å². The molecule has 1 atom stereocenters. The van der Waals surface area contributed by atoms with Crippen molar-refractivity contribution in [1.29, 1.82) is 0 Å². The van der Waals surface area contributed by atoms with Crippen LogP contribution in [-0.4, -0.2) is 25.2 Å². The van der Waals surface area contributed by atoms with Crippen molar-refractivity contribution in [2.24, 2.45) is 0 Å². The molecule has 0 radical (unpaired) electrons. The van der Waals surface area contributed by atoms with Crippen molar-refractivity contribution in [2.45, 2.75) is 26.2 Å². The van der Waals surface area contributed by atoms with Crippen LogP contribution in [-0.2, 0) is 4.74 Å². The van der Waals surface area contributed by atoms with Crippen LogP contribution in [0.5, 0.6) is 11.5 Å². The predicted molar refractivity (Wildman–Crippen MR) is 92.3 cm³/mol. The minimum Gasteiger partial charge on any atom is -0.454 e. The van der Waals surface area contributed by atoms with Crippen LogP contribution in [0.2, 0.25) is 0 Å². The lowest BCUT2D eigenvalue weighted by Crippen LogP contribution is -2.14. The Morgan fingerprint density at radius 2 is 1.72 bits per heavy atom. The van der Waals surface area contributed by atoms with Crippen LogP contribution in [0, 0.1) is 0 Å².